The van der Waals surface area contributed by atoms with E-state index in [0.717, 1.165) is 26.1 Å². The molecule has 1 heterocycles. The van der Waals surface area contributed by atoms with Gasteiger partial charge in [0, 0.05) is 45.1 Å². The minimum atomic E-state index is -0.668. The zero-order valence-electron chi connectivity index (χ0n) is 16.0. The second-order valence-corrected chi connectivity index (χ2v) is 8.58. The number of hydrogen-bond acceptors (Lipinski definition) is 5. The van der Waals surface area contributed by atoms with Crippen molar-refractivity contribution < 1.29 is 19.3 Å². The van der Waals surface area contributed by atoms with Crippen molar-refractivity contribution in [2.24, 2.45) is 0 Å². The van der Waals surface area contributed by atoms with E-state index in [4.69, 9.17) is 14.2 Å². The Labute approximate surface area is 142 Å². The molecule has 1 aliphatic heterocycles. The fourth-order valence-electron chi connectivity index (χ4n) is 2.40. The summed E-state index contributed by atoms with van der Waals surface area (Å²) in [5, 5.41) is 10.3. The molecule has 5 heteroatoms. The molecule has 0 saturated carbocycles. The van der Waals surface area contributed by atoms with Gasteiger partial charge >= 0.3 is 0 Å². The third-order valence-electron chi connectivity index (χ3n) is 3.84. The zero-order valence-corrected chi connectivity index (χ0v) is 16.0. The average Bonchev–Trinajstić information content (AvgIpc) is 2.35. The molecule has 0 amide bonds. The number of β-amino-alcohol motifs (C(OH)–C–C–N with tert-alkyl or cyclic N) is 1. The van der Waals surface area contributed by atoms with Gasteiger partial charge in [0.15, 0.2) is 0 Å². The number of ether oxygens (including phenoxy) is 3. The van der Waals surface area contributed by atoms with E-state index >= 15 is 0 Å². The summed E-state index contributed by atoms with van der Waals surface area (Å²) in [5.74, 6) is 0. The van der Waals surface area contributed by atoms with Crippen molar-refractivity contribution in [3.05, 3.63) is 0 Å². The van der Waals surface area contributed by atoms with Gasteiger partial charge < -0.3 is 19.3 Å². The van der Waals surface area contributed by atoms with Gasteiger partial charge in [-0.05, 0) is 54.4 Å². The predicted octanol–water partition coefficient (Wildman–Crippen LogP) is 2.46. The van der Waals surface area contributed by atoms with Crippen LogP contribution in [0.4, 0.5) is 0 Å². The first-order valence-electron chi connectivity index (χ1n) is 8.79. The second kappa shape index (κ2) is 8.77. The van der Waals surface area contributed by atoms with Crippen molar-refractivity contribution >= 4 is 0 Å². The Morgan fingerprint density at radius 3 is 1.91 bits per heavy atom. The van der Waals surface area contributed by atoms with Gasteiger partial charge in [-0.3, -0.25) is 4.90 Å². The van der Waals surface area contributed by atoms with E-state index in [1.165, 1.54) is 0 Å². The molecule has 1 rings (SSSR count). The van der Waals surface area contributed by atoms with Crippen LogP contribution in [0.25, 0.3) is 0 Å². The molecule has 5 nitrogen and oxygen atoms in total. The Kier molecular flexibility index (Phi) is 7.94. The van der Waals surface area contributed by atoms with Crippen LogP contribution in [0.5, 0.6) is 0 Å². The van der Waals surface area contributed by atoms with Crippen LogP contribution in [0, 0.1) is 0 Å². The minimum absolute atomic E-state index is 0.0712. The highest BCUT2D eigenvalue weighted by molar-refractivity contribution is 5.00. The third-order valence-corrected chi connectivity index (χ3v) is 3.84. The van der Waals surface area contributed by atoms with Crippen LogP contribution >= 0.6 is 0 Å². The number of rotatable bonds is 10. The summed E-state index contributed by atoms with van der Waals surface area (Å²) in [6.07, 6.45) is 1.78. The summed E-state index contributed by atoms with van der Waals surface area (Å²) in [7, 11) is 0. The molecular weight excluding hydrogens is 294 g/mol. The van der Waals surface area contributed by atoms with Gasteiger partial charge in [-0.1, -0.05) is 0 Å². The minimum Gasteiger partial charge on any atom is -0.385 e. The van der Waals surface area contributed by atoms with E-state index in [1.54, 1.807) is 0 Å². The first-order chi connectivity index (χ1) is 10.5. The Balaban J connectivity index is 1.89. The SMILES string of the molecule is CC(C)(C)OCCCOCCCOCC1(O)CN(C(C)(C)C)C1. The molecule has 138 valence electrons. The lowest BCUT2D eigenvalue weighted by atomic mass is 9.89. The molecular formula is C18H37NO4. The Morgan fingerprint density at radius 2 is 1.39 bits per heavy atom. The lowest BCUT2D eigenvalue weighted by Gasteiger charge is -2.52. The molecule has 0 aromatic heterocycles. The molecule has 0 bridgehead atoms. The standard InChI is InChI=1S/C18H37NO4/c1-16(2,3)19-13-18(20,14-19)15-22-11-7-9-21-10-8-12-23-17(4,5)6/h20H,7-15H2,1-6H3. The number of aliphatic hydroxyl groups is 1. The predicted molar refractivity (Wildman–Crippen MR) is 92.9 cm³/mol. The highest BCUT2D eigenvalue weighted by Gasteiger charge is 2.45. The molecule has 1 N–H and O–H groups in total. The van der Waals surface area contributed by atoms with Gasteiger partial charge in [0.1, 0.15) is 5.60 Å². The van der Waals surface area contributed by atoms with E-state index < -0.39 is 5.60 Å². The van der Waals surface area contributed by atoms with Gasteiger partial charge in [-0.25, -0.2) is 0 Å². The molecule has 0 aliphatic carbocycles. The summed E-state index contributed by atoms with van der Waals surface area (Å²) in [4.78, 5) is 2.26. The third kappa shape index (κ3) is 9.01. The van der Waals surface area contributed by atoms with E-state index in [2.05, 4.69) is 46.4 Å². The fourth-order valence-corrected chi connectivity index (χ4v) is 2.40. The molecule has 0 spiro atoms. The van der Waals surface area contributed by atoms with Crippen molar-refractivity contribution in [1.82, 2.24) is 4.90 Å². The van der Waals surface area contributed by atoms with Gasteiger partial charge in [0.05, 0.1) is 12.2 Å². The summed E-state index contributed by atoms with van der Waals surface area (Å²) in [5.41, 5.74) is -0.618. The Bertz CT molecular complexity index is 327. The Hall–Kier alpha value is -0.200. The first-order valence-corrected chi connectivity index (χ1v) is 8.79. The van der Waals surface area contributed by atoms with Crippen LogP contribution in [0.2, 0.25) is 0 Å². The highest BCUT2D eigenvalue weighted by atomic mass is 16.5. The first kappa shape index (κ1) is 20.8. The highest BCUT2D eigenvalue weighted by Crippen LogP contribution is 2.28. The van der Waals surface area contributed by atoms with Crippen LogP contribution < -0.4 is 0 Å². The normalized spacial score (nSPS) is 18.9. The van der Waals surface area contributed by atoms with Crippen molar-refractivity contribution in [2.45, 2.75) is 71.1 Å². The maximum absolute atomic E-state index is 10.3. The number of hydrogen-bond donors (Lipinski definition) is 1. The number of likely N-dealkylation sites (tertiary alicyclic amines) is 1. The maximum Gasteiger partial charge on any atom is 0.113 e. The molecule has 0 atom stereocenters. The lowest BCUT2D eigenvalue weighted by molar-refractivity contribution is -0.164. The van der Waals surface area contributed by atoms with Gasteiger partial charge in [0.2, 0.25) is 0 Å². The van der Waals surface area contributed by atoms with Crippen molar-refractivity contribution in [1.29, 1.82) is 0 Å². The molecule has 0 unspecified atom stereocenters. The summed E-state index contributed by atoms with van der Waals surface area (Å²) < 4.78 is 16.8. The quantitative estimate of drug-likeness (QED) is 0.623. The van der Waals surface area contributed by atoms with Crippen LogP contribution in [-0.2, 0) is 14.2 Å². The van der Waals surface area contributed by atoms with Crippen LogP contribution in [0.15, 0.2) is 0 Å². The van der Waals surface area contributed by atoms with Gasteiger partial charge in [-0.2, -0.15) is 0 Å². The zero-order chi connectivity index (χ0) is 17.6. The fraction of sp³-hybridized carbons (Fsp3) is 1.00. The van der Waals surface area contributed by atoms with E-state index in [0.29, 0.717) is 32.9 Å². The molecule has 1 aliphatic rings. The molecule has 0 aromatic rings. The summed E-state index contributed by atoms with van der Waals surface area (Å²) in [6.45, 7) is 17.3. The van der Waals surface area contributed by atoms with Crippen LogP contribution in [-0.4, -0.2) is 72.9 Å². The Morgan fingerprint density at radius 1 is 0.870 bits per heavy atom. The monoisotopic (exact) mass is 331 g/mol. The summed E-state index contributed by atoms with van der Waals surface area (Å²) in [6, 6.07) is 0. The summed E-state index contributed by atoms with van der Waals surface area (Å²) >= 11 is 0. The van der Waals surface area contributed by atoms with Crippen LogP contribution in [0.3, 0.4) is 0 Å². The van der Waals surface area contributed by atoms with Crippen molar-refractivity contribution in [2.75, 3.05) is 46.1 Å². The molecule has 0 radical (unpaired) electrons. The smallest absolute Gasteiger partial charge is 0.113 e. The second-order valence-electron chi connectivity index (χ2n) is 8.58. The van der Waals surface area contributed by atoms with E-state index in [9.17, 15) is 5.11 Å². The van der Waals surface area contributed by atoms with E-state index in [-0.39, 0.29) is 11.1 Å². The molecule has 23 heavy (non-hydrogen) atoms. The van der Waals surface area contributed by atoms with Gasteiger partial charge in [-0.15, -0.1) is 0 Å². The average molecular weight is 331 g/mol. The molecule has 1 fully saturated rings. The van der Waals surface area contributed by atoms with Crippen molar-refractivity contribution in [3.8, 4) is 0 Å². The number of nitrogens with zero attached hydrogens (tertiary/aromatic N) is 1. The topological polar surface area (TPSA) is 51.2 Å². The van der Waals surface area contributed by atoms with Crippen LogP contribution in [0.1, 0.15) is 54.4 Å². The van der Waals surface area contributed by atoms with Gasteiger partial charge in [0.25, 0.3) is 0 Å². The van der Waals surface area contributed by atoms with Crippen molar-refractivity contribution in [3.63, 3.8) is 0 Å². The lowest BCUT2D eigenvalue weighted by Crippen LogP contribution is -2.68. The largest absolute Gasteiger partial charge is 0.385 e. The molecule has 1 saturated heterocycles. The molecule has 0 aromatic carbocycles. The maximum atomic E-state index is 10.3. The van der Waals surface area contributed by atoms with E-state index in [1.807, 2.05) is 0 Å².